The topological polar surface area (TPSA) is 92.5 Å². The standard InChI is InChI=1S/C18H15BrFN3O3/c19-12-2-4-13(5-3-12)23-9-11(8-16(23)24)18(26)22-15-7-10(17(21)25)1-6-14(15)20/h1-7,11H,8-9H2,(H2,21,25)(H,22,26). The molecule has 3 rings (SSSR count). The SMILES string of the molecule is NC(=O)c1ccc(F)c(NC(=O)C2CC(=O)N(c3ccc(Br)cc3)C2)c1. The normalized spacial score (nSPS) is 16.6. The molecule has 1 fully saturated rings. The van der Waals surface area contributed by atoms with Gasteiger partial charge in [0.15, 0.2) is 0 Å². The number of carbonyl (C=O) groups excluding carboxylic acids is 3. The molecule has 1 atom stereocenters. The largest absolute Gasteiger partial charge is 0.366 e. The molecule has 3 N–H and O–H groups in total. The van der Waals surface area contributed by atoms with Gasteiger partial charge in [0.1, 0.15) is 5.82 Å². The number of amides is 3. The molecular formula is C18H15BrFN3O3. The van der Waals surface area contributed by atoms with Gasteiger partial charge in [-0.05, 0) is 42.5 Å². The smallest absolute Gasteiger partial charge is 0.248 e. The van der Waals surface area contributed by atoms with Crippen LogP contribution in [-0.2, 0) is 9.59 Å². The zero-order valence-corrected chi connectivity index (χ0v) is 15.1. The summed E-state index contributed by atoms with van der Waals surface area (Å²) in [6.45, 7) is 0.198. The van der Waals surface area contributed by atoms with Gasteiger partial charge in [-0.2, -0.15) is 0 Å². The van der Waals surface area contributed by atoms with E-state index in [1.165, 1.54) is 17.0 Å². The second kappa shape index (κ2) is 7.25. The van der Waals surface area contributed by atoms with Crippen molar-refractivity contribution < 1.29 is 18.8 Å². The number of primary amides is 1. The van der Waals surface area contributed by atoms with E-state index in [0.717, 1.165) is 10.5 Å². The van der Waals surface area contributed by atoms with Crippen LogP contribution in [-0.4, -0.2) is 24.3 Å². The van der Waals surface area contributed by atoms with E-state index in [0.29, 0.717) is 5.69 Å². The van der Waals surface area contributed by atoms with Crippen LogP contribution in [0.3, 0.4) is 0 Å². The highest BCUT2D eigenvalue weighted by Gasteiger charge is 2.35. The number of nitrogens with two attached hydrogens (primary N) is 1. The molecule has 0 radical (unpaired) electrons. The zero-order valence-electron chi connectivity index (χ0n) is 13.5. The number of carbonyl (C=O) groups is 3. The van der Waals surface area contributed by atoms with Crippen LogP contribution in [0.4, 0.5) is 15.8 Å². The average molecular weight is 420 g/mol. The van der Waals surface area contributed by atoms with E-state index < -0.39 is 23.5 Å². The van der Waals surface area contributed by atoms with Gasteiger partial charge >= 0.3 is 0 Å². The van der Waals surface area contributed by atoms with Gasteiger partial charge in [-0.1, -0.05) is 15.9 Å². The minimum atomic E-state index is -0.724. The lowest BCUT2D eigenvalue weighted by Crippen LogP contribution is -2.28. The fraction of sp³-hybridized carbons (Fsp3) is 0.167. The molecule has 1 saturated heterocycles. The lowest BCUT2D eigenvalue weighted by Gasteiger charge is -2.17. The molecule has 0 saturated carbocycles. The van der Waals surface area contributed by atoms with Crippen molar-refractivity contribution in [2.45, 2.75) is 6.42 Å². The number of hydrogen-bond donors (Lipinski definition) is 2. The fourth-order valence-electron chi connectivity index (χ4n) is 2.76. The van der Waals surface area contributed by atoms with Crippen LogP contribution in [0, 0.1) is 11.7 Å². The number of benzene rings is 2. The minimum Gasteiger partial charge on any atom is -0.366 e. The van der Waals surface area contributed by atoms with Crippen molar-refractivity contribution in [1.82, 2.24) is 0 Å². The molecule has 134 valence electrons. The Balaban J connectivity index is 1.73. The number of hydrogen-bond acceptors (Lipinski definition) is 3. The molecule has 0 bridgehead atoms. The van der Waals surface area contributed by atoms with Crippen LogP contribution in [0.2, 0.25) is 0 Å². The third-order valence-corrected chi connectivity index (χ3v) is 4.67. The van der Waals surface area contributed by atoms with Crippen molar-refractivity contribution >= 4 is 45.0 Å². The first kappa shape index (κ1) is 18.1. The molecule has 1 aliphatic heterocycles. The summed E-state index contributed by atoms with van der Waals surface area (Å²) in [7, 11) is 0. The van der Waals surface area contributed by atoms with Crippen molar-refractivity contribution in [3.05, 3.63) is 58.3 Å². The Bertz CT molecular complexity index is 886. The predicted octanol–water partition coefficient (Wildman–Crippen LogP) is 2.68. The van der Waals surface area contributed by atoms with Crippen LogP contribution in [0.1, 0.15) is 16.8 Å². The van der Waals surface area contributed by atoms with Gasteiger partial charge in [0.2, 0.25) is 17.7 Å². The summed E-state index contributed by atoms with van der Waals surface area (Å²) in [5.74, 6) is -2.70. The Hall–Kier alpha value is -2.74. The third kappa shape index (κ3) is 3.75. The summed E-state index contributed by atoms with van der Waals surface area (Å²) >= 11 is 3.33. The summed E-state index contributed by atoms with van der Waals surface area (Å²) in [6.07, 6.45) is 0.0268. The van der Waals surface area contributed by atoms with E-state index in [9.17, 15) is 18.8 Å². The minimum absolute atomic E-state index is 0.0268. The first-order chi connectivity index (χ1) is 12.3. The summed E-state index contributed by atoms with van der Waals surface area (Å²) in [6, 6.07) is 10.6. The first-order valence-electron chi connectivity index (χ1n) is 7.81. The monoisotopic (exact) mass is 419 g/mol. The summed E-state index contributed by atoms with van der Waals surface area (Å²) in [5, 5.41) is 2.44. The van der Waals surface area contributed by atoms with Crippen LogP contribution in [0.15, 0.2) is 46.9 Å². The van der Waals surface area contributed by atoms with Gasteiger partial charge in [-0.15, -0.1) is 0 Å². The maximum absolute atomic E-state index is 13.9. The maximum Gasteiger partial charge on any atom is 0.248 e. The summed E-state index contributed by atoms with van der Waals surface area (Å²) in [4.78, 5) is 37.4. The molecule has 3 amide bonds. The second-order valence-electron chi connectivity index (χ2n) is 5.93. The molecule has 26 heavy (non-hydrogen) atoms. The van der Waals surface area contributed by atoms with E-state index in [2.05, 4.69) is 21.2 Å². The van der Waals surface area contributed by atoms with Crippen molar-refractivity contribution in [2.24, 2.45) is 11.7 Å². The van der Waals surface area contributed by atoms with Crippen molar-refractivity contribution in [1.29, 1.82) is 0 Å². The number of anilines is 2. The molecule has 2 aromatic carbocycles. The van der Waals surface area contributed by atoms with Crippen LogP contribution >= 0.6 is 15.9 Å². The molecule has 2 aromatic rings. The average Bonchev–Trinajstić information content (AvgIpc) is 2.99. The Morgan fingerprint density at radius 2 is 1.88 bits per heavy atom. The van der Waals surface area contributed by atoms with E-state index >= 15 is 0 Å². The molecule has 0 aliphatic carbocycles. The van der Waals surface area contributed by atoms with Crippen molar-refractivity contribution in [3.63, 3.8) is 0 Å². The quantitative estimate of drug-likeness (QED) is 0.797. The van der Waals surface area contributed by atoms with E-state index in [-0.39, 0.29) is 30.1 Å². The van der Waals surface area contributed by atoms with Crippen LogP contribution in [0.5, 0.6) is 0 Å². The molecule has 1 unspecified atom stereocenters. The Labute approximate surface area is 157 Å². The Kier molecular flexibility index (Phi) is 5.03. The molecule has 1 aliphatic rings. The lowest BCUT2D eigenvalue weighted by molar-refractivity contribution is -0.122. The fourth-order valence-corrected chi connectivity index (χ4v) is 3.03. The second-order valence-corrected chi connectivity index (χ2v) is 6.85. The van der Waals surface area contributed by atoms with Gasteiger partial charge in [-0.3, -0.25) is 14.4 Å². The summed E-state index contributed by atoms with van der Waals surface area (Å²) < 4.78 is 14.8. The number of rotatable bonds is 4. The van der Waals surface area contributed by atoms with E-state index in [4.69, 9.17) is 5.73 Å². The Morgan fingerprint density at radius 3 is 2.54 bits per heavy atom. The molecule has 1 heterocycles. The van der Waals surface area contributed by atoms with Crippen molar-refractivity contribution in [2.75, 3.05) is 16.8 Å². The molecular weight excluding hydrogens is 405 g/mol. The predicted molar refractivity (Wildman–Crippen MR) is 98.1 cm³/mol. The molecule has 6 nitrogen and oxygen atoms in total. The summed E-state index contributed by atoms with van der Waals surface area (Å²) in [5.41, 5.74) is 5.80. The van der Waals surface area contributed by atoms with Gasteiger partial charge in [0, 0.05) is 28.7 Å². The number of nitrogens with zero attached hydrogens (tertiary/aromatic N) is 1. The third-order valence-electron chi connectivity index (χ3n) is 4.14. The van der Waals surface area contributed by atoms with Gasteiger partial charge in [0.25, 0.3) is 0 Å². The van der Waals surface area contributed by atoms with Gasteiger partial charge < -0.3 is 16.0 Å². The maximum atomic E-state index is 13.9. The highest BCUT2D eigenvalue weighted by Crippen LogP contribution is 2.27. The first-order valence-corrected chi connectivity index (χ1v) is 8.60. The van der Waals surface area contributed by atoms with E-state index in [1.807, 2.05) is 0 Å². The molecule has 0 spiro atoms. The lowest BCUT2D eigenvalue weighted by atomic mass is 10.1. The van der Waals surface area contributed by atoms with Gasteiger partial charge in [0.05, 0.1) is 11.6 Å². The van der Waals surface area contributed by atoms with Crippen molar-refractivity contribution in [3.8, 4) is 0 Å². The van der Waals surface area contributed by atoms with Gasteiger partial charge in [-0.25, -0.2) is 4.39 Å². The number of halogens is 2. The van der Waals surface area contributed by atoms with E-state index in [1.54, 1.807) is 24.3 Å². The highest BCUT2D eigenvalue weighted by molar-refractivity contribution is 9.10. The highest BCUT2D eigenvalue weighted by atomic mass is 79.9. The molecule has 0 aromatic heterocycles. The van der Waals surface area contributed by atoms with Crippen LogP contribution < -0.4 is 16.0 Å². The number of nitrogens with one attached hydrogen (secondary N) is 1. The van der Waals surface area contributed by atoms with Crippen LogP contribution in [0.25, 0.3) is 0 Å². The molecule has 8 heteroatoms. The Morgan fingerprint density at radius 1 is 1.19 bits per heavy atom. The zero-order chi connectivity index (χ0) is 18.8.